The van der Waals surface area contributed by atoms with E-state index in [1.165, 1.54) is 0 Å². The van der Waals surface area contributed by atoms with Gasteiger partial charge in [-0.2, -0.15) is 4.98 Å². The number of pyridine rings is 1. The Morgan fingerprint density at radius 1 is 1.50 bits per heavy atom. The lowest BCUT2D eigenvalue weighted by Crippen LogP contribution is -2.25. The molecule has 0 bridgehead atoms. The molecule has 2 rings (SSSR count). The monoisotopic (exact) mass is 191 g/mol. The van der Waals surface area contributed by atoms with Crippen LogP contribution in [0.4, 0.5) is 5.95 Å². The molecule has 5 nitrogen and oxygen atoms in total. The van der Waals surface area contributed by atoms with Crippen LogP contribution in [0.2, 0.25) is 0 Å². The van der Waals surface area contributed by atoms with E-state index in [2.05, 4.69) is 10.1 Å². The second-order valence-electron chi connectivity index (χ2n) is 3.13. The molecule has 0 unspecified atom stereocenters. The molecule has 2 heterocycles. The van der Waals surface area contributed by atoms with E-state index in [9.17, 15) is 0 Å². The van der Waals surface area contributed by atoms with Crippen LogP contribution in [-0.2, 0) is 0 Å². The third-order valence-corrected chi connectivity index (χ3v) is 2.04. The number of anilines is 1. The van der Waals surface area contributed by atoms with Crippen LogP contribution in [0.5, 0.6) is 0 Å². The fraction of sp³-hybridized carbons (Fsp3) is 0.333. The van der Waals surface area contributed by atoms with Gasteiger partial charge in [0.15, 0.2) is 5.65 Å². The molecule has 2 N–H and O–H groups in total. The molecular weight excluding hydrogens is 178 g/mol. The summed E-state index contributed by atoms with van der Waals surface area (Å²) >= 11 is 0. The molecule has 0 amide bonds. The van der Waals surface area contributed by atoms with Crippen molar-refractivity contribution in [3.05, 3.63) is 24.4 Å². The minimum atomic E-state index is 0.603. The highest BCUT2D eigenvalue weighted by atomic mass is 15.4. The molecule has 0 radical (unpaired) electrons. The molecule has 5 heteroatoms. The summed E-state index contributed by atoms with van der Waals surface area (Å²) in [5.41, 5.74) is 6.31. The molecule has 0 aliphatic carbocycles. The normalized spacial score (nSPS) is 10.7. The number of likely N-dealkylation sites (N-methyl/N-ethyl adjacent to an activating group) is 1. The molecule has 0 aliphatic rings. The van der Waals surface area contributed by atoms with E-state index in [4.69, 9.17) is 5.73 Å². The van der Waals surface area contributed by atoms with E-state index in [0.29, 0.717) is 12.5 Å². The number of rotatable bonds is 3. The highest BCUT2D eigenvalue weighted by molar-refractivity contribution is 5.43. The van der Waals surface area contributed by atoms with Crippen molar-refractivity contribution in [2.45, 2.75) is 0 Å². The van der Waals surface area contributed by atoms with Crippen molar-refractivity contribution in [3.8, 4) is 0 Å². The van der Waals surface area contributed by atoms with Crippen LogP contribution >= 0.6 is 0 Å². The maximum Gasteiger partial charge on any atom is 0.245 e. The Morgan fingerprint density at radius 3 is 3.07 bits per heavy atom. The molecule has 74 valence electrons. The van der Waals surface area contributed by atoms with Gasteiger partial charge < -0.3 is 10.6 Å². The van der Waals surface area contributed by atoms with Crippen molar-refractivity contribution in [3.63, 3.8) is 0 Å². The van der Waals surface area contributed by atoms with Gasteiger partial charge in [-0.3, -0.25) is 0 Å². The van der Waals surface area contributed by atoms with E-state index in [-0.39, 0.29) is 0 Å². The average Bonchev–Trinajstić information content (AvgIpc) is 2.61. The van der Waals surface area contributed by atoms with Crippen LogP contribution in [0.25, 0.3) is 5.65 Å². The number of hydrogen-bond acceptors (Lipinski definition) is 4. The van der Waals surface area contributed by atoms with Crippen molar-refractivity contribution in [1.82, 2.24) is 14.6 Å². The summed E-state index contributed by atoms with van der Waals surface area (Å²) < 4.78 is 1.75. The van der Waals surface area contributed by atoms with Gasteiger partial charge in [0.1, 0.15) is 0 Å². The fourth-order valence-electron chi connectivity index (χ4n) is 1.28. The maximum atomic E-state index is 5.46. The lowest BCUT2D eigenvalue weighted by Gasteiger charge is -2.11. The predicted octanol–water partition coefficient (Wildman–Crippen LogP) is 0.124. The van der Waals surface area contributed by atoms with Gasteiger partial charge in [0.05, 0.1) is 0 Å². The Balaban J connectivity index is 2.35. The molecule has 2 aromatic heterocycles. The minimum absolute atomic E-state index is 0.603. The number of hydrogen-bond donors (Lipinski definition) is 1. The maximum absolute atomic E-state index is 5.46. The van der Waals surface area contributed by atoms with Crippen LogP contribution in [0.3, 0.4) is 0 Å². The zero-order valence-corrected chi connectivity index (χ0v) is 8.09. The predicted molar refractivity (Wildman–Crippen MR) is 55.3 cm³/mol. The zero-order chi connectivity index (χ0) is 9.97. The standard InChI is InChI=1S/C9H13N5/c1-13(7-5-10)9-11-8-4-2-3-6-14(8)12-9/h2-4,6H,5,7,10H2,1H3. The molecule has 0 aliphatic heterocycles. The first-order valence-electron chi connectivity index (χ1n) is 4.54. The topological polar surface area (TPSA) is 59.5 Å². The Morgan fingerprint density at radius 2 is 2.36 bits per heavy atom. The third-order valence-electron chi connectivity index (χ3n) is 2.04. The van der Waals surface area contributed by atoms with Gasteiger partial charge in [-0.25, -0.2) is 4.52 Å². The second-order valence-corrected chi connectivity index (χ2v) is 3.13. The van der Waals surface area contributed by atoms with Crippen molar-refractivity contribution in [2.24, 2.45) is 5.73 Å². The molecule has 0 fully saturated rings. The van der Waals surface area contributed by atoms with Gasteiger partial charge in [-0.05, 0) is 12.1 Å². The molecule has 2 aromatic rings. The number of fused-ring (bicyclic) bond motifs is 1. The zero-order valence-electron chi connectivity index (χ0n) is 8.09. The average molecular weight is 191 g/mol. The molecule has 0 spiro atoms. The lowest BCUT2D eigenvalue weighted by molar-refractivity contribution is 0.836. The van der Waals surface area contributed by atoms with Gasteiger partial charge in [0, 0.05) is 26.3 Å². The first kappa shape index (κ1) is 8.96. The van der Waals surface area contributed by atoms with E-state index in [1.54, 1.807) is 4.52 Å². The van der Waals surface area contributed by atoms with Crippen LogP contribution in [0, 0.1) is 0 Å². The van der Waals surface area contributed by atoms with E-state index in [1.807, 2.05) is 36.3 Å². The summed E-state index contributed by atoms with van der Waals surface area (Å²) in [5, 5.41) is 4.31. The Labute approximate surface area is 82.2 Å². The molecular formula is C9H13N5. The first-order valence-corrected chi connectivity index (χ1v) is 4.54. The number of nitrogens with two attached hydrogens (primary N) is 1. The lowest BCUT2D eigenvalue weighted by atomic mass is 10.5. The summed E-state index contributed by atoms with van der Waals surface area (Å²) in [6, 6.07) is 5.79. The summed E-state index contributed by atoms with van der Waals surface area (Å²) in [5.74, 6) is 0.710. The number of nitrogens with zero attached hydrogens (tertiary/aromatic N) is 4. The summed E-state index contributed by atoms with van der Waals surface area (Å²) in [7, 11) is 1.93. The Hall–Kier alpha value is -1.62. The SMILES string of the molecule is CN(CCN)c1nc2ccccn2n1. The van der Waals surface area contributed by atoms with Gasteiger partial charge in [0.2, 0.25) is 5.95 Å². The van der Waals surface area contributed by atoms with E-state index >= 15 is 0 Å². The van der Waals surface area contributed by atoms with Crippen LogP contribution < -0.4 is 10.6 Å². The van der Waals surface area contributed by atoms with Crippen molar-refractivity contribution < 1.29 is 0 Å². The van der Waals surface area contributed by atoms with Crippen molar-refractivity contribution >= 4 is 11.6 Å². The highest BCUT2D eigenvalue weighted by Crippen LogP contribution is 2.07. The summed E-state index contributed by atoms with van der Waals surface area (Å²) in [6.45, 7) is 1.36. The summed E-state index contributed by atoms with van der Waals surface area (Å²) in [4.78, 5) is 6.29. The molecule has 14 heavy (non-hydrogen) atoms. The quantitative estimate of drug-likeness (QED) is 0.748. The van der Waals surface area contributed by atoms with Crippen molar-refractivity contribution in [2.75, 3.05) is 25.0 Å². The Bertz CT molecular complexity index is 389. The van der Waals surface area contributed by atoms with Crippen LogP contribution in [-0.4, -0.2) is 34.7 Å². The summed E-state index contributed by atoms with van der Waals surface area (Å²) in [6.07, 6.45) is 1.88. The van der Waals surface area contributed by atoms with E-state index < -0.39 is 0 Å². The first-order chi connectivity index (χ1) is 6.81. The Kier molecular flexibility index (Phi) is 2.32. The minimum Gasteiger partial charge on any atom is -0.341 e. The van der Waals surface area contributed by atoms with Crippen LogP contribution in [0.15, 0.2) is 24.4 Å². The highest BCUT2D eigenvalue weighted by Gasteiger charge is 2.06. The smallest absolute Gasteiger partial charge is 0.245 e. The van der Waals surface area contributed by atoms with Gasteiger partial charge in [0.25, 0.3) is 0 Å². The third kappa shape index (κ3) is 1.54. The molecule has 0 atom stereocenters. The number of aromatic nitrogens is 3. The largest absolute Gasteiger partial charge is 0.341 e. The van der Waals surface area contributed by atoms with Gasteiger partial charge in [-0.1, -0.05) is 6.07 Å². The van der Waals surface area contributed by atoms with Gasteiger partial charge in [-0.15, -0.1) is 5.10 Å². The second kappa shape index (κ2) is 3.63. The molecule has 0 aromatic carbocycles. The van der Waals surface area contributed by atoms with Crippen LogP contribution in [0.1, 0.15) is 0 Å². The fourth-order valence-corrected chi connectivity index (χ4v) is 1.28. The molecule has 0 saturated heterocycles. The molecule has 0 saturated carbocycles. The van der Waals surface area contributed by atoms with Crippen molar-refractivity contribution in [1.29, 1.82) is 0 Å². The van der Waals surface area contributed by atoms with E-state index in [0.717, 1.165) is 12.2 Å². The van der Waals surface area contributed by atoms with Gasteiger partial charge >= 0.3 is 0 Å².